The van der Waals surface area contributed by atoms with Crippen LogP contribution in [0.3, 0.4) is 0 Å². The second kappa shape index (κ2) is 7.00. The molecule has 1 saturated heterocycles. The van der Waals surface area contributed by atoms with Crippen LogP contribution in [0.5, 0.6) is 0 Å². The molecule has 1 aromatic heterocycles. The van der Waals surface area contributed by atoms with Crippen LogP contribution >= 0.6 is 0 Å². The van der Waals surface area contributed by atoms with E-state index in [9.17, 15) is 22.8 Å². The van der Waals surface area contributed by atoms with Crippen molar-refractivity contribution in [3.8, 4) is 11.1 Å². The molecule has 0 aliphatic carbocycles. The molecular formula is C23H25F3N2O2. The smallest absolute Gasteiger partial charge is 0.341 e. The molecule has 1 fully saturated rings. The Morgan fingerprint density at radius 1 is 1.03 bits per heavy atom. The Labute approximate surface area is 173 Å². The summed E-state index contributed by atoms with van der Waals surface area (Å²) in [4.78, 5) is 27.8. The molecule has 30 heavy (non-hydrogen) atoms. The Bertz CT molecular complexity index is 1050. The van der Waals surface area contributed by atoms with E-state index in [0.29, 0.717) is 19.6 Å². The molecule has 0 saturated carbocycles. The average Bonchev–Trinajstić information content (AvgIpc) is 2.67. The van der Waals surface area contributed by atoms with Gasteiger partial charge in [0, 0.05) is 42.2 Å². The minimum Gasteiger partial charge on any atom is -0.341 e. The largest absolute Gasteiger partial charge is 0.416 e. The highest BCUT2D eigenvalue weighted by Gasteiger charge is 2.39. The highest BCUT2D eigenvalue weighted by atomic mass is 19.4. The van der Waals surface area contributed by atoms with Crippen LogP contribution < -0.4 is 5.56 Å². The van der Waals surface area contributed by atoms with Crippen LogP contribution in [0.25, 0.3) is 11.1 Å². The Morgan fingerprint density at radius 2 is 1.77 bits per heavy atom. The van der Waals surface area contributed by atoms with Crippen LogP contribution in [0.4, 0.5) is 13.2 Å². The molecule has 2 aliphatic rings. The average molecular weight is 418 g/mol. The van der Waals surface area contributed by atoms with E-state index in [1.807, 2.05) is 31.7 Å². The second-order valence-corrected chi connectivity index (χ2v) is 9.42. The summed E-state index contributed by atoms with van der Waals surface area (Å²) < 4.78 is 41.0. The number of carbonyl (C=O) groups is 1. The molecule has 3 heterocycles. The van der Waals surface area contributed by atoms with E-state index in [-0.39, 0.29) is 34.4 Å². The molecule has 1 amide bonds. The van der Waals surface area contributed by atoms with Crippen LogP contribution in [0.2, 0.25) is 0 Å². The number of aromatic nitrogens is 1. The van der Waals surface area contributed by atoms with Gasteiger partial charge in [-0.05, 0) is 42.2 Å². The van der Waals surface area contributed by atoms with Gasteiger partial charge >= 0.3 is 6.18 Å². The summed E-state index contributed by atoms with van der Waals surface area (Å²) in [5.41, 5.74) is -0.0951. The number of fused-ring (bicyclic) bond motifs is 4. The first kappa shape index (κ1) is 20.7. The Hall–Kier alpha value is -2.57. The summed E-state index contributed by atoms with van der Waals surface area (Å²) >= 11 is 0. The van der Waals surface area contributed by atoms with Crippen molar-refractivity contribution < 1.29 is 18.0 Å². The third-order valence-corrected chi connectivity index (χ3v) is 6.03. The first-order valence-electron chi connectivity index (χ1n) is 10.2. The number of amides is 1. The number of piperidine rings is 1. The number of halogens is 3. The predicted molar refractivity (Wildman–Crippen MR) is 108 cm³/mol. The molecule has 2 atom stereocenters. The maximum Gasteiger partial charge on any atom is 0.416 e. The van der Waals surface area contributed by atoms with Gasteiger partial charge in [0.15, 0.2) is 0 Å². The van der Waals surface area contributed by atoms with Crippen LogP contribution in [0, 0.1) is 11.3 Å². The molecule has 7 heteroatoms. The lowest BCUT2D eigenvalue weighted by Gasteiger charge is -2.44. The monoisotopic (exact) mass is 418 g/mol. The number of alkyl halides is 3. The lowest BCUT2D eigenvalue weighted by atomic mass is 9.81. The van der Waals surface area contributed by atoms with E-state index < -0.39 is 17.2 Å². The third kappa shape index (κ3) is 3.66. The van der Waals surface area contributed by atoms with Crippen molar-refractivity contribution in [3.63, 3.8) is 0 Å². The van der Waals surface area contributed by atoms with Crippen molar-refractivity contribution in [1.29, 1.82) is 0 Å². The lowest BCUT2D eigenvalue weighted by Crippen LogP contribution is -2.51. The van der Waals surface area contributed by atoms with Gasteiger partial charge in [0.05, 0.1) is 5.56 Å². The zero-order valence-electron chi connectivity index (χ0n) is 17.3. The van der Waals surface area contributed by atoms with Crippen molar-refractivity contribution >= 4 is 5.91 Å². The molecule has 2 aliphatic heterocycles. The summed E-state index contributed by atoms with van der Waals surface area (Å²) in [6, 6.07) is 8.35. The van der Waals surface area contributed by atoms with E-state index in [1.54, 1.807) is 10.6 Å². The van der Waals surface area contributed by atoms with Gasteiger partial charge in [-0.25, -0.2) is 0 Å². The SMILES string of the molecule is CC(C)(C)C(=O)N1C[C@@H]2C[C@H](C1)c1ccc(-c3cccc(C(F)(F)F)c3)c(=O)n1C2. The van der Waals surface area contributed by atoms with Crippen molar-refractivity contribution in [2.24, 2.45) is 11.3 Å². The topological polar surface area (TPSA) is 42.3 Å². The number of rotatable bonds is 1. The molecule has 2 aromatic rings. The zero-order valence-corrected chi connectivity index (χ0v) is 17.3. The fourth-order valence-corrected chi connectivity index (χ4v) is 4.67. The van der Waals surface area contributed by atoms with Crippen LogP contribution in [-0.2, 0) is 17.5 Å². The molecule has 0 unspecified atom stereocenters. The number of pyridine rings is 1. The molecule has 0 radical (unpaired) electrons. The van der Waals surface area contributed by atoms with Crippen LogP contribution in [0.15, 0.2) is 41.2 Å². The fraction of sp³-hybridized carbons (Fsp3) is 0.478. The third-order valence-electron chi connectivity index (χ3n) is 6.03. The van der Waals surface area contributed by atoms with Crippen molar-refractivity contribution in [2.75, 3.05) is 13.1 Å². The minimum atomic E-state index is -4.46. The standard InChI is InChI=1S/C23H25F3N2O2/c1-22(2,3)21(30)27-11-14-9-16(13-27)19-8-7-18(20(29)28(19)12-14)15-5-4-6-17(10-15)23(24,25)26/h4-8,10,14,16H,9,11-13H2,1-3H3/t14-,16+/m0/s1. The Kier molecular flexibility index (Phi) is 4.83. The maximum atomic E-state index is 13.2. The number of hydrogen-bond donors (Lipinski definition) is 0. The van der Waals surface area contributed by atoms with Gasteiger partial charge in [-0.1, -0.05) is 32.9 Å². The van der Waals surface area contributed by atoms with Gasteiger partial charge in [0.2, 0.25) is 5.91 Å². The van der Waals surface area contributed by atoms with Crippen molar-refractivity contribution in [3.05, 3.63) is 58.0 Å². The second-order valence-electron chi connectivity index (χ2n) is 9.42. The maximum absolute atomic E-state index is 13.2. The minimum absolute atomic E-state index is 0.0621. The van der Waals surface area contributed by atoms with Gasteiger partial charge < -0.3 is 9.47 Å². The quantitative estimate of drug-likeness (QED) is 0.683. The lowest BCUT2D eigenvalue weighted by molar-refractivity contribution is -0.142. The summed E-state index contributed by atoms with van der Waals surface area (Å²) in [5, 5.41) is 0. The van der Waals surface area contributed by atoms with Crippen LogP contribution in [0.1, 0.15) is 44.4 Å². The van der Waals surface area contributed by atoms with Gasteiger partial charge in [-0.15, -0.1) is 0 Å². The molecule has 0 spiro atoms. The zero-order chi connectivity index (χ0) is 21.8. The summed E-state index contributed by atoms with van der Waals surface area (Å²) in [6.45, 7) is 7.35. The number of hydrogen-bond acceptors (Lipinski definition) is 2. The number of carbonyl (C=O) groups excluding carboxylic acids is 1. The molecule has 2 bridgehead atoms. The van der Waals surface area contributed by atoms with Gasteiger partial charge in [-0.3, -0.25) is 9.59 Å². The molecular weight excluding hydrogens is 393 g/mol. The van der Waals surface area contributed by atoms with Crippen LogP contribution in [-0.4, -0.2) is 28.5 Å². The number of likely N-dealkylation sites (tertiary alicyclic amines) is 1. The fourth-order valence-electron chi connectivity index (χ4n) is 4.67. The van der Waals surface area contributed by atoms with E-state index in [2.05, 4.69) is 0 Å². The Balaban J connectivity index is 1.70. The first-order valence-corrected chi connectivity index (χ1v) is 10.2. The highest BCUT2D eigenvalue weighted by Crippen LogP contribution is 2.37. The van der Waals surface area contributed by atoms with E-state index in [4.69, 9.17) is 0 Å². The molecule has 0 N–H and O–H groups in total. The molecule has 1 aromatic carbocycles. The number of benzene rings is 1. The summed E-state index contributed by atoms with van der Waals surface area (Å²) in [5.74, 6) is 0.331. The van der Waals surface area contributed by atoms with E-state index in [0.717, 1.165) is 24.2 Å². The van der Waals surface area contributed by atoms with Gasteiger partial charge in [0.1, 0.15) is 0 Å². The van der Waals surface area contributed by atoms with E-state index in [1.165, 1.54) is 12.1 Å². The van der Waals surface area contributed by atoms with E-state index >= 15 is 0 Å². The first-order chi connectivity index (χ1) is 13.9. The molecule has 4 rings (SSSR count). The summed E-state index contributed by atoms with van der Waals surface area (Å²) in [6.07, 6.45) is -3.54. The Morgan fingerprint density at radius 3 is 2.43 bits per heavy atom. The number of nitrogens with zero attached hydrogens (tertiary/aromatic N) is 2. The van der Waals surface area contributed by atoms with Crippen molar-refractivity contribution in [2.45, 2.75) is 45.8 Å². The molecule has 160 valence electrons. The molecule has 4 nitrogen and oxygen atoms in total. The normalized spacial score (nSPS) is 21.3. The van der Waals surface area contributed by atoms with Gasteiger partial charge in [0.25, 0.3) is 5.56 Å². The highest BCUT2D eigenvalue weighted by molar-refractivity contribution is 5.81. The van der Waals surface area contributed by atoms with Crippen molar-refractivity contribution in [1.82, 2.24) is 9.47 Å². The summed E-state index contributed by atoms with van der Waals surface area (Å²) in [7, 11) is 0. The predicted octanol–water partition coefficient (Wildman–Crippen LogP) is 4.53. The van der Waals surface area contributed by atoms with Gasteiger partial charge in [-0.2, -0.15) is 13.2 Å².